The quantitative estimate of drug-likeness (QED) is 0.860. The molecule has 0 bridgehead atoms. The Hall–Kier alpha value is -1.62. The van der Waals surface area contributed by atoms with Gasteiger partial charge in [0.1, 0.15) is 5.56 Å². The second-order valence-corrected chi connectivity index (χ2v) is 4.92. The smallest absolute Gasteiger partial charge is 0.256 e. The van der Waals surface area contributed by atoms with Crippen LogP contribution in [0.1, 0.15) is 37.0 Å². The van der Waals surface area contributed by atoms with E-state index in [-0.39, 0.29) is 5.91 Å². The van der Waals surface area contributed by atoms with Gasteiger partial charge in [0, 0.05) is 18.8 Å². The Kier molecular flexibility index (Phi) is 5.35. The Balaban J connectivity index is 1.95. The molecule has 1 N–H and O–H groups in total. The van der Waals surface area contributed by atoms with Gasteiger partial charge in [0.05, 0.1) is 6.61 Å². The third-order valence-corrected chi connectivity index (χ3v) is 3.70. The maximum absolute atomic E-state index is 12.2. The van der Waals surface area contributed by atoms with Crippen LogP contribution in [0.3, 0.4) is 0 Å². The van der Waals surface area contributed by atoms with Crippen LogP contribution < -0.4 is 10.1 Å². The molecule has 0 radical (unpaired) electrons. The lowest BCUT2D eigenvalue weighted by molar-refractivity contribution is 0.0936. The van der Waals surface area contributed by atoms with Gasteiger partial charge in [0.15, 0.2) is 0 Å². The van der Waals surface area contributed by atoms with Crippen molar-refractivity contribution in [2.45, 2.75) is 32.7 Å². The third-order valence-electron chi connectivity index (χ3n) is 3.70. The molecule has 1 aromatic rings. The number of likely N-dealkylation sites (N-methyl/N-ethyl adjacent to an activating group) is 1. The van der Waals surface area contributed by atoms with Crippen molar-refractivity contribution in [1.82, 2.24) is 15.2 Å². The molecule has 0 unspecified atom stereocenters. The molecule has 1 aliphatic heterocycles. The van der Waals surface area contributed by atoms with E-state index < -0.39 is 0 Å². The van der Waals surface area contributed by atoms with Gasteiger partial charge in [-0.3, -0.25) is 9.69 Å². The van der Waals surface area contributed by atoms with E-state index in [0.29, 0.717) is 30.6 Å². The first kappa shape index (κ1) is 14.8. The molecule has 1 saturated heterocycles. The minimum absolute atomic E-state index is 0.107. The minimum atomic E-state index is -0.107. The molecule has 1 fully saturated rings. The molecule has 2 heterocycles. The van der Waals surface area contributed by atoms with E-state index in [1.165, 1.54) is 6.42 Å². The maximum atomic E-state index is 12.2. The zero-order chi connectivity index (χ0) is 14.4. The van der Waals surface area contributed by atoms with E-state index in [0.717, 1.165) is 19.5 Å². The van der Waals surface area contributed by atoms with Gasteiger partial charge in [-0.25, -0.2) is 4.98 Å². The van der Waals surface area contributed by atoms with Crippen molar-refractivity contribution in [2.24, 2.45) is 0 Å². The lowest BCUT2D eigenvalue weighted by Gasteiger charge is -2.23. The number of amides is 1. The van der Waals surface area contributed by atoms with E-state index in [4.69, 9.17) is 4.74 Å². The molecular formula is C15H23N3O2. The number of likely N-dealkylation sites (tertiary alicyclic amines) is 1. The summed E-state index contributed by atoms with van der Waals surface area (Å²) in [5, 5.41) is 3.00. The summed E-state index contributed by atoms with van der Waals surface area (Å²) in [5.74, 6) is 0.302. The van der Waals surface area contributed by atoms with Gasteiger partial charge in [0.2, 0.25) is 5.88 Å². The summed E-state index contributed by atoms with van der Waals surface area (Å²) in [5.41, 5.74) is 0.510. The molecule has 1 aromatic heterocycles. The topological polar surface area (TPSA) is 54.5 Å². The summed E-state index contributed by atoms with van der Waals surface area (Å²) < 4.78 is 5.39. The first-order valence-corrected chi connectivity index (χ1v) is 7.36. The summed E-state index contributed by atoms with van der Waals surface area (Å²) in [6.07, 6.45) is 4.00. The van der Waals surface area contributed by atoms with E-state index in [1.54, 1.807) is 18.3 Å². The second kappa shape index (κ2) is 7.24. The van der Waals surface area contributed by atoms with E-state index >= 15 is 0 Å². The highest BCUT2D eigenvalue weighted by Gasteiger charge is 2.23. The van der Waals surface area contributed by atoms with Crippen molar-refractivity contribution in [3.05, 3.63) is 23.9 Å². The fourth-order valence-corrected chi connectivity index (χ4v) is 2.66. The lowest BCUT2D eigenvalue weighted by atomic mass is 10.2. The first-order chi connectivity index (χ1) is 9.76. The van der Waals surface area contributed by atoms with Gasteiger partial charge < -0.3 is 10.1 Å². The van der Waals surface area contributed by atoms with Crippen LogP contribution in [0.25, 0.3) is 0 Å². The summed E-state index contributed by atoms with van der Waals surface area (Å²) in [4.78, 5) is 18.8. The van der Waals surface area contributed by atoms with Crippen LogP contribution in [0.2, 0.25) is 0 Å². The van der Waals surface area contributed by atoms with Gasteiger partial charge in [0.25, 0.3) is 5.91 Å². The summed E-state index contributed by atoms with van der Waals surface area (Å²) in [6.45, 7) is 7.41. The van der Waals surface area contributed by atoms with Crippen molar-refractivity contribution < 1.29 is 9.53 Å². The van der Waals surface area contributed by atoms with E-state index in [9.17, 15) is 4.79 Å². The van der Waals surface area contributed by atoms with Crippen molar-refractivity contribution in [3.63, 3.8) is 0 Å². The molecule has 0 saturated carbocycles. The van der Waals surface area contributed by atoms with Crippen molar-refractivity contribution in [3.8, 4) is 5.88 Å². The Morgan fingerprint density at radius 2 is 2.40 bits per heavy atom. The minimum Gasteiger partial charge on any atom is -0.477 e. The molecular weight excluding hydrogens is 254 g/mol. The van der Waals surface area contributed by atoms with Gasteiger partial charge in [-0.2, -0.15) is 0 Å². The van der Waals surface area contributed by atoms with Crippen LogP contribution >= 0.6 is 0 Å². The van der Waals surface area contributed by atoms with Crippen molar-refractivity contribution in [1.29, 1.82) is 0 Å². The van der Waals surface area contributed by atoms with Crippen LogP contribution in [-0.2, 0) is 0 Å². The monoisotopic (exact) mass is 277 g/mol. The Morgan fingerprint density at radius 1 is 1.55 bits per heavy atom. The van der Waals surface area contributed by atoms with Gasteiger partial charge >= 0.3 is 0 Å². The molecule has 0 aromatic carbocycles. The number of nitrogens with zero attached hydrogens (tertiary/aromatic N) is 2. The van der Waals surface area contributed by atoms with Crippen molar-refractivity contribution in [2.75, 3.05) is 26.2 Å². The molecule has 5 heteroatoms. The molecule has 1 amide bonds. The lowest BCUT2D eigenvalue weighted by Crippen LogP contribution is -2.40. The Morgan fingerprint density at radius 3 is 3.15 bits per heavy atom. The predicted molar refractivity (Wildman–Crippen MR) is 78.0 cm³/mol. The molecule has 5 nitrogen and oxygen atoms in total. The number of carbonyl (C=O) groups is 1. The number of nitrogens with one attached hydrogen (secondary N) is 1. The Bertz CT molecular complexity index is 450. The third kappa shape index (κ3) is 3.48. The number of ether oxygens (including phenoxy) is 1. The van der Waals surface area contributed by atoms with Crippen molar-refractivity contribution >= 4 is 5.91 Å². The molecule has 2 rings (SSSR count). The highest BCUT2D eigenvalue weighted by molar-refractivity contribution is 5.96. The van der Waals surface area contributed by atoms with Gasteiger partial charge in [-0.1, -0.05) is 6.92 Å². The molecule has 0 spiro atoms. The summed E-state index contributed by atoms with van der Waals surface area (Å²) in [7, 11) is 0. The highest BCUT2D eigenvalue weighted by Crippen LogP contribution is 2.17. The first-order valence-electron chi connectivity index (χ1n) is 7.36. The van der Waals surface area contributed by atoms with Gasteiger partial charge in [-0.05, 0) is 45.0 Å². The number of pyridine rings is 1. The van der Waals surface area contributed by atoms with Crippen LogP contribution in [0.4, 0.5) is 0 Å². The zero-order valence-electron chi connectivity index (χ0n) is 12.3. The largest absolute Gasteiger partial charge is 0.477 e. The number of rotatable bonds is 6. The molecule has 1 aliphatic rings. The van der Waals surface area contributed by atoms with E-state index in [1.807, 2.05) is 6.92 Å². The Labute approximate surface area is 120 Å². The number of aromatic nitrogens is 1. The fourth-order valence-electron chi connectivity index (χ4n) is 2.66. The normalized spacial score (nSPS) is 19.0. The zero-order valence-corrected chi connectivity index (χ0v) is 12.3. The van der Waals surface area contributed by atoms with Crippen LogP contribution in [0.15, 0.2) is 18.3 Å². The molecule has 20 heavy (non-hydrogen) atoms. The predicted octanol–water partition coefficient (Wildman–Crippen LogP) is 1.69. The average Bonchev–Trinajstić information content (AvgIpc) is 2.93. The average molecular weight is 277 g/mol. The van der Waals surface area contributed by atoms with Gasteiger partial charge in [-0.15, -0.1) is 0 Å². The number of hydrogen-bond donors (Lipinski definition) is 1. The molecule has 1 atom stereocenters. The number of hydrogen-bond acceptors (Lipinski definition) is 4. The van der Waals surface area contributed by atoms with Crippen LogP contribution in [-0.4, -0.2) is 48.1 Å². The van der Waals surface area contributed by atoms with Crippen LogP contribution in [0, 0.1) is 0 Å². The standard InChI is InChI=1S/C15H23N3O2/c1-3-18-10-6-7-12(18)11-17-14(19)13-8-5-9-16-15(13)20-4-2/h5,8-9,12H,3-4,6-7,10-11H2,1-2H3,(H,17,19)/t12-/m1/s1. The second-order valence-electron chi connectivity index (χ2n) is 4.92. The SMILES string of the molecule is CCOc1ncccc1C(=O)NC[C@H]1CCCN1CC. The highest BCUT2D eigenvalue weighted by atomic mass is 16.5. The molecule has 110 valence electrons. The summed E-state index contributed by atoms with van der Waals surface area (Å²) >= 11 is 0. The molecule has 0 aliphatic carbocycles. The fraction of sp³-hybridized carbons (Fsp3) is 0.600. The van der Waals surface area contributed by atoms with Crippen LogP contribution in [0.5, 0.6) is 5.88 Å². The maximum Gasteiger partial charge on any atom is 0.256 e. The van der Waals surface area contributed by atoms with E-state index in [2.05, 4.69) is 22.1 Å². The summed E-state index contributed by atoms with van der Waals surface area (Å²) in [6, 6.07) is 3.96. The number of carbonyl (C=O) groups excluding carboxylic acids is 1.